The number of carbonyl (C=O) groups is 1. The molecule has 1 N–H and O–H groups in total. The number of aliphatic carboxylic acids is 1. The van der Waals surface area contributed by atoms with E-state index in [2.05, 4.69) is 18.6 Å². The molecule has 0 aromatic heterocycles. The minimum absolute atomic E-state index is 0.126. The van der Waals surface area contributed by atoms with Crippen molar-refractivity contribution in [3.05, 3.63) is 65.0 Å². The third kappa shape index (κ3) is 6.88. The van der Waals surface area contributed by atoms with Crippen molar-refractivity contribution in [1.82, 2.24) is 0 Å². The van der Waals surface area contributed by atoms with E-state index < -0.39 is 11.8 Å². The Morgan fingerprint density at radius 1 is 1.10 bits per heavy atom. The van der Waals surface area contributed by atoms with Crippen LogP contribution in [0.2, 0.25) is 0 Å². The van der Waals surface area contributed by atoms with Crippen LogP contribution in [0.4, 0.5) is 4.39 Å². The van der Waals surface area contributed by atoms with Gasteiger partial charge in [-0.25, -0.2) is 4.39 Å². The van der Waals surface area contributed by atoms with E-state index in [0.29, 0.717) is 28.3 Å². The molecule has 0 radical (unpaired) electrons. The minimum atomic E-state index is -0.960. The van der Waals surface area contributed by atoms with Crippen LogP contribution >= 0.6 is 0 Å². The van der Waals surface area contributed by atoms with Gasteiger partial charge in [0.1, 0.15) is 11.6 Å². The number of unbranched alkanes of at least 4 members (excludes halogenated alkanes) is 1. The van der Waals surface area contributed by atoms with Gasteiger partial charge in [0.05, 0.1) is 18.5 Å². The molecular formula is C25H29FN2O3. The summed E-state index contributed by atoms with van der Waals surface area (Å²) in [7, 11) is 1.60. The van der Waals surface area contributed by atoms with E-state index in [1.54, 1.807) is 19.2 Å². The highest BCUT2D eigenvalue weighted by atomic mass is 19.1. The lowest BCUT2D eigenvalue weighted by atomic mass is 10.0. The van der Waals surface area contributed by atoms with E-state index in [4.69, 9.17) is 14.8 Å². The van der Waals surface area contributed by atoms with Gasteiger partial charge >= 0.3 is 5.97 Å². The van der Waals surface area contributed by atoms with E-state index in [0.717, 1.165) is 30.5 Å². The largest absolute Gasteiger partial charge is 0.497 e. The highest BCUT2D eigenvalue weighted by molar-refractivity contribution is 5.97. The first-order valence-corrected chi connectivity index (χ1v) is 10.3. The zero-order valence-electron chi connectivity index (χ0n) is 18.3. The van der Waals surface area contributed by atoms with E-state index in [9.17, 15) is 9.18 Å². The van der Waals surface area contributed by atoms with Crippen LogP contribution in [-0.4, -0.2) is 30.6 Å². The fourth-order valence-electron chi connectivity index (χ4n) is 3.12. The number of aryl methyl sites for hydroxylation is 1. The third-order valence-corrected chi connectivity index (χ3v) is 4.88. The molecule has 0 fully saturated rings. The maximum absolute atomic E-state index is 14.7. The molecule has 6 heteroatoms. The quantitative estimate of drug-likeness (QED) is 0.354. The molecule has 0 aliphatic carbocycles. The van der Waals surface area contributed by atoms with Crippen molar-refractivity contribution in [2.24, 2.45) is 9.98 Å². The number of nitrogens with zero attached hydrogens (tertiary/aromatic N) is 2. The van der Waals surface area contributed by atoms with Crippen LogP contribution in [0.25, 0.3) is 11.4 Å². The number of carboxylic acids is 1. The van der Waals surface area contributed by atoms with E-state index in [1.165, 1.54) is 6.07 Å². The van der Waals surface area contributed by atoms with Gasteiger partial charge in [-0.05, 0) is 68.8 Å². The van der Waals surface area contributed by atoms with Gasteiger partial charge in [-0.1, -0.05) is 25.5 Å². The molecule has 0 saturated heterocycles. The Kier molecular flexibility index (Phi) is 9.13. The van der Waals surface area contributed by atoms with Gasteiger partial charge in [0, 0.05) is 23.3 Å². The molecule has 0 atom stereocenters. The van der Waals surface area contributed by atoms with Crippen molar-refractivity contribution >= 4 is 29.8 Å². The van der Waals surface area contributed by atoms with Crippen LogP contribution in [0.5, 0.6) is 5.75 Å². The normalized spacial score (nSPS) is 12.3. The Balaban J connectivity index is 2.58. The van der Waals surface area contributed by atoms with Crippen molar-refractivity contribution in [3.8, 4) is 5.75 Å². The number of rotatable bonds is 11. The third-order valence-electron chi connectivity index (χ3n) is 4.88. The SMILES string of the molecule is C=N/C(=C(\N=C(/C)CCCC)c1ccc(CCC(=O)O)c(F)c1)c1ccc(OC)cc1. The van der Waals surface area contributed by atoms with Crippen LogP contribution in [-0.2, 0) is 11.2 Å². The molecule has 0 aliphatic heterocycles. The maximum atomic E-state index is 14.7. The summed E-state index contributed by atoms with van der Waals surface area (Å²) in [4.78, 5) is 19.8. The molecule has 0 bridgehead atoms. The fraction of sp³-hybridized carbons (Fsp3) is 0.320. The van der Waals surface area contributed by atoms with Gasteiger partial charge in [0.25, 0.3) is 0 Å². The van der Waals surface area contributed by atoms with Crippen LogP contribution in [0.15, 0.2) is 52.4 Å². The fourth-order valence-corrected chi connectivity index (χ4v) is 3.12. The van der Waals surface area contributed by atoms with Crippen molar-refractivity contribution in [2.45, 2.75) is 46.0 Å². The van der Waals surface area contributed by atoms with Crippen LogP contribution in [0.3, 0.4) is 0 Å². The summed E-state index contributed by atoms with van der Waals surface area (Å²) in [5.74, 6) is -0.709. The minimum Gasteiger partial charge on any atom is -0.497 e. The first-order chi connectivity index (χ1) is 14.9. The number of benzene rings is 2. The second-order valence-corrected chi connectivity index (χ2v) is 7.23. The van der Waals surface area contributed by atoms with E-state index in [1.807, 2.05) is 31.2 Å². The van der Waals surface area contributed by atoms with Gasteiger partial charge in [0.15, 0.2) is 0 Å². The van der Waals surface area contributed by atoms with Crippen molar-refractivity contribution in [1.29, 1.82) is 0 Å². The Morgan fingerprint density at radius 2 is 1.77 bits per heavy atom. The van der Waals surface area contributed by atoms with E-state index >= 15 is 0 Å². The number of hydrogen-bond acceptors (Lipinski definition) is 4. The maximum Gasteiger partial charge on any atom is 0.303 e. The average Bonchev–Trinajstić information content (AvgIpc) is 2.77. The Bertz CT molecular complexity index is 979. The zero-order valence-corrected chi connectivity index (χ0v) is 18.3. The summed E-state index contributed by atoms with van der Waals surface area (Å²) in [6.07, 6.45) is 2.88. The molecule has 164 valence electrons. The topological polar surface area (TPSA) is 71.2 Å². The lowest BCUT2D eigenvalue weighted by Gasteiger charge is -2.12. The lowest BCUT2D eigenvalue weighted by molar-refractivity contribution is -0.136. The predicted octanol–water partition coefficient (Wildman–Crippen LogP) is 6.03. The highest BCUT2D eigenvalue weighted by Gasteiger charge is 2.14. The molecule has 0 amide bonds. The molecule has 2 aromatic carbocycles. The monoisotopic (exact) mass is 424 g/mol. The molecule has 2 rings (SSSR count). The van der Waals surface area contributed by atoms with Gasteiger partial charge in [0.2, 0.25) is 0 Å². The number of hydrogen-bond donors (Lipinski definition) is 1. The summed E-state index contributed by atoms with van der Waals surface area (Å²) >= 11 is 0. The second-order valence-electron chi connectivity index (χ2n) is 7.23. The molecule has 0 aliphatic rings. The van der Waals surface area contributed by atoms with Crippen LogP contribution in [0.1, 0.15) is 56.2 Å². The summed E-state index contributed by atoms with van der Waals surface area (Å²) < 4.78 is 20.0. The van der Waals surface area contributed by atoms with Crippen molar-refractivity contribution in [3.63, 3.8) is 0 Å². The molecule has 31 heavy (non-hydrogen) atoms. The second kappa shape index (κ2) is 11.8. The summed E-state index contributed by atoms with van der Waals surface area (Å²) in [5, 5.41) is 8.87. The zero-order chi connectivity index (χ0) is 22.8. The molecule has 2 aromatic rings. The smallest absolute Gasteiger partial charge is 0.303 e. The predicted molar refractivity (Wildman–Crippen MR) is 124 cm³/mol. The van der Waals surface area contributed by atoms with Gasteiger partial charge in [-0.15, -0.1) is 0 Å². The van der Waals surface area contributed by atoms with Crippen molar-refractivity contribution in [2.75, 3.05) is 7.11 Å². The summed E-state index contributed by atoms with van der Waals surface area (Å²) in [6, 6.07) is 12.1. The molecule has 0 saturated carbocycles. The Morgan fingerprint density at radius 3 is 2.32 bits per heavy atom. The van der Waals surface area contributed by atoms with E-state index in [-0.39, 0.29) is 12.8 Å². The average molecular weight is 425 g/mol. The summed E-state index contributed by atoms with van der Waals surface area (Å²) in [6.45, 7) is 7.78. The standard InChI is InChI=1S/C25H29FN2O3/c1-5-6-7-17(2)28-25(24(27-3)19-10-13-21(31-4)14-11-19)20-9-8-18(22(26)16-20)12-15-23(29)30/h8-11,13-14,16H,3,5-7,12,15H2,1-2,4H3,(H,29,30)/b25-24-,28-17+. The number of carboxylic acid groups (broad SMARTS) is 1. The van der Waals surface area contributed by atoms with Crippen molar-refractivity contribution < 1.29 is 19.0 Å². The van der Waals surface area contributed by atoms with Gasteiger partial charge < -0.3 is 9.84 Å². The Hall–Kier alpha value is -3.28. The van der Waals surface area contributed by atoms with Gasteiger partial charge in [-0.2, -0.15) is 0 Å². The highest BCUT2D eigenvalue weighted by Crippen LogP contribution is 2.31. The summed E-state index contributed by atoms with van der Waals surface area (Å²) in [5.41, 5.74) is 3.68. The number of ether oxygens (including phenoxy) is 1. The lowest BCUT2D eigenvalue weighted by Crippen LogP contribution is -2.01. The van der Waals surface area contributed by atoms with Gasteiger partial charge in [-0.3, -0.25) is 14.8 Å². The molecular weight excluding hydrogens is 395 g/mol. The Labute approximate surface area is 183 Å². The van der Waals surface area contributed by atoms with Crippen LogP contribution < -0.4 is 4.74 Å². The molecule has 0 unspecified atom stereocenters. The number of halogens is 1. The first kappa shape index (κ1) is 24.0. The number of aliphatic imine (C=N–C) groups is 2. The number of methoxy groups -OCH3 is 1. The molecule has 0 spiro atoms. The van der Waals surface area contributed by atoms with Crippen LogP contribution in [0, 0.1) is 5.82 Å². The first-order valence-electron chi connectivity index (χ1n) is 10.3. The molecule has 0 heterocycles. The molecule has 5 nitrogen and oxygen atoms in total.